The fourth-order valence-electron chi connectivity index (χ4n) is 1.93. The summed E-state index contributed by atoms with van der Waals surface area (Å²) in [5.41, 5.74) is 1.27. The Balaban J connectivity index is 1.64. The maximum Gasteiger partial charge on any atom is 0.231 e. The van der Waals surface area contributed by atoms with E-state index in [4.69, 9.17) is 9.47 Å². The molecule has 1 N–H and O–H groups in total. The Morgan fingerprint density at radius 2 is 2.07 bits per heavy atom. The fourth-order valence-corrected chi connectivity index (χ4v) is 1.93. The topological polar surface area (TPSA) is 30.5 Å². The van der Waals surface area contributed by atoms with Crippen LogP contribution in [0, 0.1) is 0 Å². The van der Waals surface area contributed by atoms with E-state index < -0.39 is 0 Å². The highest BCUT2D eigenvalue weighted by atomic mass is 16.7. The van der Waals surface area contributed by atoms with Gasteiger partial charge in [-0.05, 0) is 30.5 Å². The van der Waals surface area contributed by atoms with Crippen LogP contribution in [-0.2, 0) is 6.54 Å². The molecule has 1 aromatic carbocycles. The van der Waals surface area contributed by atoms with Crippen LogP contribution in [0.25, 0.3) is 0 Å². The molecular formula is C12H15NO2. The number of fused-ring (bicyclic) bond motifs is 1. The number of hydrogen-bond acceptors (Lipinski definition) is 3. The van der Waals surface area contributed by atoms with E-state index >= 15 is 0 Å². The second-order valence-corrected chi connectivity index (χ2v) is 4.20. The van der Waals surface area contributed by atoms with Crippen LogP contribution in [0.3, 0.4) is 0 Å². The van der Waals surface area contributed by atoms with E-state index in [0.29, 0.717) is 6.79 Å². The van der Waals surface area contributed by atoms with Gasteiger partial charge in [0.05, 0.1) is 0 Å². The van der Waals surface area contributed by atoms with Gasteiger partial charge >= 0.3 is 0 Å². The van der Waals surface area contributed by atoms with Gasteiger partial charge in [-0.25, -0.2) is 0 Å². The zero-order valence-corrected chi connectivity index (χ0v) is 8.66. The fraction of sp³-hybridized carbons (Fsp3) is 0.500. The first kappa shape index (κ1) is 9.04. The molecule has 0 unspecified atom stereocenters. The summed E-state index contributed by atoms with van der Waals surface area (Å²) >= 11 is 0. The smallest absolute Gasteiger partial charge is 0.231 e. The van der Waals surface area contributed by atoms with Crippen molar-refractivity contribution in [3.05, 3.63) is 23.8 Å². The number of ether oxygens (including phenoxy) is 2. The highest BCUT2D eigenvalue weighted by Crippen LogP contribution is 2.32. The van der Waals surface area contributed by atoms with E-state index in [1.165, 1.54) is 24.8 Å². The van der Waals surface area contributed by atoms with Gasteiger partial charge in [-0.15, -0.1) is 0 Å². The van der Waals surface area contributed by atoms with E-state index in [1.807, 2.05) is 6.07 Å². The third kappa shape index (κ3) is 1.79. The lowest BCUT2D eigenvalue weighted by Crippen LogP contribution is -2.34. The summed E-state index contributed by atoms with van der Waals surface area (Å²) in [6.07, 6.45) is 4.02. The Morgan fingerprint density at radius 3 is 2.87 bits per heavy atom. The minimum Gasteiger partial charge on any atom is -0.454 e. The first-order valence-electron chi connectivity index (χ1n) is 5.54. The largest absolute Gasteiger partial charge is 0.454 e. The van der Waals surface area contributed by atoms with Crippen molar-refractivity contribution >= 4 is 0 Å². The van der Waals surface area contributed by atoms with Gasteiger partial charge in [0.15, 0.2) is 11.5 Å². The van der Waals surface area contributed by atoms with Crippen molar-refractivity contribution in [2.75, 3.05) is 6.79 Å². The summed E-state index contributed by atoms with van der Waals surface area (Å²) < 4.78 is 10.6. The van der Waals surface area contributed by atoms with Crippen molar-refractivity contribution < 1.29 is 9.47 Å². The van der Waals surface area contributed by atoms with Crippen LogP contribution in [0.2, 0.25) is 0 Å². The SMILES string of the molecule is c1cc2c(cc1CNC1CCC1)OCO2. The molecule has 1 fully saturated rings. The van der Waals surface area contributed by atoms with Crippen molar-refractivity contribution in [1.29, 1.82) is 0 Å². The van der Waals surface area contributed by atoms with Crippen molar-refractivity contribution in [2.24, 2.45) is 0 Å². The van der Waals surface area contributed by atoms with Gasteiger partial charge in [0.1, 0.15) is 0 Å². The number of nitrogens with one attached hydrogen (secondary N) is 1. The van der Waals surface area contributed by atoms with Crippen LogP contribution in [0.5, 0.6) is 11.5 Å². The first-order valence-corrected chi connectivity index (χ1v) is 5.54. The molecule has 1 aromatic rings. The molecule has 1 saturated carbocycles. The standard InChI is InChI=1S/C12H15NO2/c1-2-10(3-1)13-7-9-4-5-11-12(6-9)15-8-14-11/h4-6,10,13H,1-3,7-8H2. The molecule has 0 spiro atoms. The molecule has 0 bridgehead atoms. The predicted molar refractivity (Wildman–Crippen MR) is 57.0 cm³/mol. The molecule has 1 aliphatic carbocycles. The van der Waals surface area contributed by atoms with Gasteiger partial charge in [-0.2, -0.15) is 0 Å². The number of rotatable bonds is 3. The summed E-state index contributed by atoms with van der Waals surface area (Å²) in [6.45, 7) is 1.29. The van der Waals surface area contributed by atoms with Gasteiger partial charge in [-0.3, -0.25) is 0 Å². The molecule has 0 radical (unpaired) electrons. The van der Waals surface area contributed by atoms with Crippen LogP contribution in [-0.4, -0.2) is 12.8 Å². The molecule has 2 aliphatic rings. The van der Waals surface area contributed by atoms with Crippen LogP contribution < -0.4 is 14.8 Å². The zero-order chi connectivity index (χ0) is 10.1. The molecule has 3 rings (SSSR count). The van der Waals surface area contributed by atoms with Crippen LogP contribution in [0.1, 0.15) is 24.8 Å². The van der Waals surface area contributed by atoms with Crippen LogP contribution in [0.4, 0.5) is 0 Å². The predicted octanol–water partition coefficient (Wildman–Crippen LogP) is 2.06. The molecule has 3 heteroatoms. The van der Waals surface area contributed by atoms with Gasteiger partial charge in [0.25, 0.3) is 0 Å². The second kappa shape index (κ2) is 3.74. The summed E-state index contributed by atoms with van der Waals surface area (Å²) in [6, 6.07) is 6.88. The lowest BCUT2D eigenvalue weighted by molar-refractivity contribution is 0.174. The van der Waals surface area contributed by atoms with Gasteiger partial charge in [0.2, 0.25) is 6.79 Å². The lowest BCUT2D eigenvalue weighted by atomic mass is 9.93. The molecule has 3 nitrogen and oxygen atoms in total. The molecular weight excluding hydrogens is 190 g/mol. The molecule has 1 aliphatic heterocycles. The van der Waals surface area contributed by atoms with E-state index in [-0.39, 0.29) is 0 Å². The quantitative estimate of drug-likeness (QED) is 0.819. The van der Waals surface area contributed by atoms with Crippen LogP contribution in [0.15, 0.2) is 18.2 Å². The van der Waals surface area contributed by atoms with Gasteiger partial charge in [-0.1, -0.05) is 12.5 Å². The minimum atomic E-state index is 0.356. The first-order chi connectivity index (χ1) is 7.42. The highest BCUT2D eigenvalue weighted by Gasteiger charge is 2.17. The van der Waals surface area contributed by atoms with E-state index in [1.54, 1.807) is 0 Å². The van der Waals surface area contributed by atoms with Crippen LogP contribution >= 0.6 is 0 Å². The Kier molecular flexibility index (Phi) is 2.25. The molecule has 0 aromatic heterocycles. The van der Waals surface area contributed by atoms with E-state index in [9.17, 15) is 0 Å². The normalized spacial score (nSPS) is 18.9. The highest BCUT2D eigenvalue weighted by molar-refractivity contribution is 5.44. The van der Waals surface area contributed by atoms with Crippen molar-refractivity contribution in [3.8, 4) is 11.5 Å². The van der Waals surface area contributed by atoms with Crippen molar-refractivity contribution in [3.63, 3.8) is 0 Å². The molecule has 0 saturated heterocycles. The Bertz CT molecular complexity index is 361. The van der Waals surface area contributed by atoms with Crippen molar-refractivity contribution in [1.82, 2.24) is 5.32 Å². The molecule has 15 heavy (non-hydrogen) atoms. The van der Waals surface area contributed by atoms with Gasteiger partial charge in [0, 0.05) is 12.6 Å². The average Bonchev–Trinajstić information content (AvgIpc) is 2.62. The Hall–Kier alpha value is -1.22. The summed E-state index contributed by atoms with van der Waals surface area (Å²) in [7, 11) is 0. The lowest BCUT2D eigenvalue weighted by Gasteiger charge is -2.26. The van der Waals surface area contributed by atoms with E-state index in [0.717, 1.165) is 24.1 Å². The second-order valence-electron chi connectivity index (χ2n) is 4.20. The van der Waals surface area contributed by atoms with Gasteiger partial charge < -0.3 is 14.8 Å². The molecule has 1 heterocycles. The monoisotopic (exact) mass is 205 g/mol. The average molecular weight is 205 g/mol. The molecule has 0 amide bonds. The number of hydrogen-bond donors (Lipinski definition) is 1. The van der Waals surface area contributed by atoms with Crippen molar-refractivity contribution in [2.45, 2.75) is 31.8 Å². The third-order valence-corrected chi connectivity index (χ3v) is 3.14. The molecule has 0 atom stereocenters. The molecule has 80 valence electrons. The summed E-state index contributed by atoms with van der Waals surface area (Å²) in [5.74, 6) is 1.74. The Labute approximate surface area is 89.4 Å². The zero-order valence-electron chi connectivity index (χ0n) is 8.66. The summed E-state index contributed by atoms with van der Waals surface area (Å²) in [5, 5.41) is 3.53. The Morgan fingerprint density at radius 1 is 1.20 bits per heavy atom. The maximum absolute atomic E-state index is 5.34. The maximum atomic E-state index is 5.34. The minimum absolute atomic E-state index is 0.356. The summed E-state index contributed by atoms with van der Waals surface area (Å²) in [4.78, 5) is 0. The van der Waals surface area contributed by atoms with E-state index in [2.05, 4.69) is 17.4 Å². The number of benzene rings is 1. The third-order valence-electron chi connectivity index (χ3n) is 3.14.